The Morgan fingerprint density at radius 2 is 1.73 bits per heavy atom. The quantitative estimate of drug-likeness (QED) is 0.554. The van der Waals surface area contributed by atoms with Gasteiger partial charge in [-0.3, -0.25) is 0 Å². The Morgan fingerprint density at radius 1 is 1.07 bits per heavy atom. The van der Waals surface area contributed by atoms with Crippen LogP contribution in [0.3, 0.4) is 0 Å². The molecule has 0 heterocycles. The van der Waals surface area contributed by atoms with E-state index in [1.54, 1.807) is 14.2 Å². The molecule has 0 aliphatic heterocycles. The summed E-state index contributed by atoms with van der Waals surface area (Å²) in [6, 6.07) is 0.386. The monoisotopic (exact) mass is 219 g/mol. The van der Waals surface area contributed by atoms with E-state index in [1.807, 2.05) is 7.05 Å². The number of likely N-dealkylation sites (N-methyl/N-ethyl adjacent to an activating group) is 1. The van der Waals surface area contributed by atoms with E-state index in [1.165, 1.54) is 0 Å². The second kappa shape index (κ2) is 10.4. The average Bonchev–Trinajstić information content (AvgIpc) is 2.26. The van der Waals surface area contributed by atoms with Crippen LogP contribution in [0.1, 0.15) is 13.3 Å². The van der Waals surface area contributed by atoms with Gasteiger partial charge in [-0.2, -0.15) is 0 Å². The third kappa shape index (κ3) is 7.73. The molecule has 15 heavy (non-hydrogen) atoms. The van der Waals surface area contributed by atoms with Crippen molar-refractivity contribution in [3.63, 3.8) is 0 Å². The molecule has 0 aliphatic rings. The van der Waals surface area contributed by atoms with Crippen LogP contribution in [-0.4, -0.2) is 53.7 Å². The second-order valence-corrected chi connectivity index (χ2v) is 3.72. The van der Waals surface area contributed by atoms with E-state index in [2.05, 4.69) is 12.2 Å². The highest BCUT2D eigenvalue weighted by Crippen LogP contribution is 2.08. The van der Waals surface area contributed by atoms with Gasteiger partial charge in [0.1, 0.15) is 0 Å². The topological polar surface area (TPSA) is 39.7 Å². The van der Waals surface area contributed by atoms with E-state index in [4.69, 9.17) is 14.2 Å². The molecule has 92 valence electrons. The van der Waals surface area contributed by atoms with Gasteiger partial charge in [0.2, 0.25) is 0 Å². The first kappa shape index (κ1) is 14.8. The predicted molar refractivity (Wildman–Crippen MR) is 61.2 cm³/mol. The van der Waals surface area contributed by atoms with E-state index >= 15 is 0 Å². The minimum absolute atomic E-state index is 0.386. The summed E-state index contributed by atoms with van der Waals surface area (Å²) in [5.74, 6) is 0.553. The van der Waals surface area contributed by atoms with Crippen molar-refractivity contribution >= 4 is 0 Å². The highest BCUT2D eigenvalue weighted by Gasteiger charge is 2.14. The Labute approximate surface area is 93.3 Å². The van der Waals surface area contributed by atoms with Crippen LogP contribution in [0.15, 0.2) is 0 Å². The van der Waals surface area contributed by atoms with Gasteiger partial charge < -0.3 is 19.5 Å². The average molecular weight is 219 g/mol. The Bertz CT molecular complexity index is 133. The molecule has 2 atom stereocenters. The van der Waals surface area contributed by atoms with Crippen molar-refractivity contribution < 1.29 is 14.2 Å². The lowest BCUT2D eigenvalue weighted by Crippen LogP contribution is -2.37. The molecule has 0 radical (unpaired) electrons. The fourth-order valence-corrected chi connectivity index (χ4v) is 1.39. The van der Waals surface area contributed by atoms with Crippen LogP contribution in [0, 0.1) is 5.92 Å². The molecule has 0 amide bonds. The van der Waals surface area contributed by atoms with Gasteiger partial charge in [0.05, 0.1) is 19.8 Å². The lowest BCUT2D eigenvalue weighted by Gasteiger charge is -2.23. The number of nitrogens with one attached hydrogen (secondary N) is 1. The molecule has 0 rings (SSSR count). The molecule has 0 saturated carbocycles. The van der Waals surface area contributed by atoms with E-state index in [0.29, 0.717) is 25.2 Å². The first-order valence-electron chi connectivity index (χ1n) is 5.49. The van der Waals surface area contributed by atoms with Crippen LogP contribution in [0.2, 0.25) is 0 Å². The van der Waals surface area contributed by atoms with Crippen molar-refractivity contribution in [1.29, 1.82) is 0 Å². The lowest BCUT2D eigenvalue weighted by atomic mass is 9.99. The maximum atomic E-state index is 5.50. The molecule has 0 aromatic carbocycles. The summed E-state index contributed by atoms with van der Waals surface area (Å²) in [4.78, 5) is 0. The van der Waals surface area contributed by atoms with E-state index in [-0.39, 0.29) is 0 Å². The SMILES string of the molecule is CNC(COCCOC)C(C)CCOC. The summed E-state index contributed by atoms with van der Waals surface area (Å²) < 4.78 is 15.5. The number of methoxy groups -OCH3 is 2. The van der Waals surface area contributed by atoms with Gasteiger partial charge in [0.15, 0.2) is 0 Å². The molecule has 0 aromatic heterocycles. The molecule has 0 bridgehead atoms. The Morgan fingerprint density at radius 3 is 2.27 bits per heavy atom. The Balaban J connectivity index is 3.60. The lowest BCUT2D eigenvalue weighted by molar-refractivity contribution is 0.0483. The normalized spacial score (nSPS) is 15.2. The second-order valence-electron chi connectivity index (χ2n) is 3.72. The third-order valence-electron chi connectivity index (χ3n) is 2.56. The van der Waals surface area contributed by atoms with E-state index in [9.17, 15) is 0 Å². The number of rotatable bonds is 10. The smallest absolute Gasteiger partial charge is 0.0701 e. The van der Waals surface area contributed by atoms with Crippen LogP contribution < -0.4 is 5.32 Å². The largest absolute Gasteiger partial charge is 0.385 e. The third-order valence-corrected chi connectivity index (χ3v) is 2.56. The van der Waals surface area contributed by atoms with Crippen LogP contribution in [0.25, 0.3) is 0 Å². The van der Waals surface area contributed by atoms with E-state index < -0.39 is 0 Å². The molecule has 2 unspecified atom stereocenters. The minimum atomic E-state index is 0.386. The molecule has 0 spiro atoms. The molecular weight excluding hydrogens is 194 g/mol. The first-order chi connectivity index (χ1) is 7.26. The molecule has 4 nitrogen and oxygen atoms in total. The highest BCUT2D eigenvalue weighted by atomic mass is 16.5. The van der Waals surface area contributed by atoms with Gasteiger partial charge in [0, 0.05) is 26.9 Å². The summed E-state index contributed by atoms with van der Waals surface area (Å²) in [7, 11) is 5.38. The molecule has 1 N–H and O–H groups in total. The van der Waals surface area contributed by atoms with Crippen LogP contribution in [0.5, 0.6) is 0 Å². The zero-order chi connectivity index (χ0) is 11.5. The zero-order valence-electron chi connectivity index (χ0n) is 10.4. The predicted octanol–water partition coefficient (Wildman–Crippen LogP) is 0.910. The van der Waals surface area contributed by atoms with Crippen molar-refractivity contribution in [3.8, 4) is 0 Å². The van der Waals surface area contributed by atoms with Gasteiger partial charge in [-0.1, -0.05) is 6.92 Å². The summed E-state index contributed by atoms with van der Waals surface area (Å²) in [5, 5.41) is 3.27. The summed E-state index contributed by atoms with van der Waals surface area (Å²) in [5.41, 5.74) is 0. The molecule has 0 aliphatic carbocycles. The van der Waals surface area contributed by atoms with Crippen molar-refractivity contribution in [2.24, 2.45) is 5.92 Å². The fourth-order valence-electron chi connectivity index (χ4n) is 1.39. The highest BCUT2D eigenvalue weighted by molar-refractivity contribution is 4.71. The van der Waals surface area contributed by atoms with Crippen LogP contribution in [0.4, 0.5) is 0 Å². The van der Waals surface area contributed by atoms with Crippen LogP contribution >= 0.6 is 0 Å². The van der Waals surface area contributed by atoms with Crippen molar-refractivity contribution in [2.45, 2.75) is 19.4 Å². The van der Waals surface area contributed by atoms with Crippen LogP contribution in [-0.2, 0) is 14.2 Å². The standard InChI is InChI=1S/C11H25NO3/c1-10(5-6-13-3)11(12-2)9-15-8-7-14-4/h10-12H,5-9H2,1-4H3. The minimum Gasteiger partial charge on any atom is -0.385 e. The first-order valence-corrected chi connectivity index (χ1v) is 5.49. The van der Waals surface area contributed by atoms with Crippen molar-refractivity contribution in [2.75, 3.05) is 47.7 Å². The van der Waals surface area contributed by atoms with Gasteiger partial charge >= 0.3 is 0 Å². The zero-order valence-corrected chi connectivity index (χ0v) is 10.4. The summed E-state index contributed by atoms with van der Waals surface area (Å²) >= 11 is 0. The van der Waals surface area contributed by atoms with Gasteiger partial charge in [0.25, 0.3) is 0 Å². The summed E-state index contributed by atoms with van der Waals surface area (Å²) in [6.45, 7) is 5.05. The van der Waals surface area contributed by atoms with E-state index in [0.717, 1.165) is 19.6 Å². The fraction of sp³-hybridized carbons (Fsp3) is 1.00. The maximum absolute atomic E-state index is 5.50. The number of hydrogen-bond acceptors (Lipinski definition) is 4. The molecule has 0 aromatic rings. The molecule has 0 fully saturated rings. The summed E-state index contributed by atoms with van der Waals surface area (Å²) in [6.07, 6.45) is 1.05. The molecular formula is C11H25NO3. The number of ether oxygens (including phenoxy) is 3. The Hall–Kier alpha value is -0.160. The number of hydrogen-bond donors (Lipinski definition) is 1. The van der Waals surface area contributed by atoms with Crippen molar-refractivity contribution in [1.82, 2.24) is 5.32 Å². The maximum Gasteiger partial charge on any atom is 0.0701 e. The molecule has 0 saturated heterocycles. The van der Waals surface area contributed by atoms with Gasteiger partial charge in [-0.25, -0.2) is 0 Å². The Kier molecular flexibility index (Phi) is 10.3. The van der Waals surface area contributed by atoms with Gasteiger partial charge in [-0.15, -0.1) is 0 Å². The molecule has 4 heteroatoms. The van der Waals surface area contributed by atoms with Crippen molar-refractivity contribution in [3.05, 3.63) is 0 Å². The van der Waals surface area contributed by atoms with Gasteiger partial charge in [-0.05, 0) is 19.4 Å².